The maximum Gasteiger partial charge on any atom is 0.316 e. The average Bonchev–Trinajstić information content (AvgIpc) is 0. The fourth-order valence-corrected chi connectivity index (χ4v) is 0. The summed E-state index contributed by atoms with van der Waals surface area (Å²) in [5.74, 6) is 0. The first-order valence-electron chi connectivity index (χ1n) is 0. The number of rotatable bonds is 0. The molecule has 0 heterocycles. The largest absolute Gasteiger partial charge is 0.316 e. The van der Waals surface area contributed by atoms with E-state index in [1.165, 1.54) is 0 Å². The monoisotopic (exact) mass is 202 g/mol. The van der Waals surface area contributed by atoms with E-state index in [0.29, 0.717) is 0 Å². The van der Waals surface area contributed by atoms with E-state index >= 15 is 0 Å². The van der Waals surface area contributed by atoms with E-state index < -0.39 is 0 Å². The first kappa shape index (κ1) is 41.2. The molecule has 0 rings (SSSR count). The van der Waals surface area contributed by atoms with Crippen LogP contribution >= 0.6 is 0 Å². The third-order valence-corrected chi connectivity index (χ3v) is 0. The van der Waals surface area contributed by atoms with Gasteiger partial charge in [-0.15, -0.1) is 0 Å². The molecule has 0 nitrogen and oxygen atoms in total. The normalized spacial score (nSPS) is 0. The molecule has 0 saturated heterocycles. The Morgan fingerprint density at radius 1 is 1.00 bits per heavy atom. The second kappa shape index (κ2) is 26.9. The van der Waals surface area contributed by atoms with Crippen molar-refractivity contribution in [1.82, 2.24) is 0 Å². The van der Waals surface area contributed by atoms with E-state index in [9.17, 15) is 0 Å². The van der Waals surface area contributed by atoms with Gasteiger partial charge in [-0.05, 0) is 0 Å². The van der Waals surface area contributed by atoms with Crippen molar-refractivity contribution in [2.24, 2.45) is 0 Å². The first-order chi connectivity index (χ1) is 0. The minimum Gasteiger partial charge on any atom is 0 e. The van der Waals surface area contributed by atoms with E-state index in [-0.39, 0.29) is 106 Å². The Hall–Kier alpha value is 3.23. The molecule has 0 N–H and O–H groups in total. The quantitative estimate of drug-likeness (QED) is 0.368. The van der Waals surface area contributed by atoms with E-state index in [1.54, 1.807) is 0 Å². The molecule has 0 aromatic rings. The van der Waals surface area contributed by atoms with Crippen molar-refractivity contribution in [2.75, 3.05) is 0 Å². The van der Waals surface area contributed by atoms with Crippen LogP contribution in [0.5, 0.6) is 0 Å². The van der Waals surface area contributed by atoms with Crippen LogP contribution in [-0.2, 0) is 36.5 Å². The van der Waals surface area contributed by atoms with Crippen LogP contribution in [0.15, 0.2) is 0 Å². The zero-order valence-electron chi connectivity index (χ0n) is 1.06. The predicted molar refractivity (Wildman–Crippen MR) is 27.0 cm³/mol. The summed E-state index contributed by atoms with van der Waals surface area (Å²) < 4.78 is 0. The topological polar surface area (TPSA) is 0 Å². The molecule has 5 heteroatoms. The molecule has 0 aliphatic heterocycles. The van der Waals surface area contributed by atoms with Crippen LogP contribution in [0, 0.1) is 0 Å². The molecule has 0 aliphatic rings. The molecule has 24 valence electrons. The molecule has 0 amide bonds. The third-order valence-electron chi connectivity index (χ3n) is 0. The standard InChI is InChI=1S/BH3.Ca.Fe.Mg.Zn.4H/h1H3;;;;;;;;. The van der Waals surface area contributed by atoms with Crippen molar-refractivity contribution in [3.8, 4) is 0 Å². The molecule has 0 fully saturated rings. The summed E-state index contributed by atoms with van der Waals surface area (Å²) in [6.07, 6.45) is 0. The second-order valence-electron chi connectivity index (χ2n) is 0. The van der Waals surface area contributed by atoms with Gasteiger partial charge < -0.3 is 0 Å². The van der Waals surface area contributed by atoms with Crippen molar-refractivity contribution >= 4 is 69.2 Å². The molecule has 0 spiro atoms. The fourth-order valence-electron chi connectivity index (χ4n) is 0. The fraction of sp³-hybridized carbons (Fsp3) is 0. The van der Waals surface area contributed by atoms with Gasteiger partial charge in [0.1, 0.15) is 0 Å². The van der Waals surface area contributed by atoms with E-state index in [2.05, 4.69) is 0 Å². The average molecular weight is 203 g/mol. The summed E-state index contributed by atoms with van der Waals surface area (Å²) in [5.41, 5.74) is 0. The zero-order valence-corrected chi connectivity index (χ0v) is 5.13. The molecule has 0 unspecified atom stereocenters. The Morgan fingerprint density at radius 2 is 1.00 bits per heavy atom. The van der Waals surface area contributed by atoms with Gasteiger partial charge in [0.05, 0.1) is 8.41 Å². The van der Waals surface area contributed by atoms with Crippen molar-refractivity contribution in [3.63, 3.8) is 0 Å². The van der Waals surface area contributed by atoms with Crippen molar-refractivity contribution in [3.05, 3.63) is 0 Å². The maximum atomic E-state index is 0. The summed E-state index contributed by atoms with van der Waals surface area (Å²) in [5, 5.41) is 0. The molecule has 0 saturated carbocycles. The summed E-state index contributed by atoms with van der Waals surface area (Å²) in [6, 6.07) is 0. The molecule has 0 bridgehead atoms. The summed E-state index contributed by atoms with van der Waals surface area (Å²) in [7, 11) is 0. The predicted octanol–water partition coefficient (Wildman–Crippen LogP) is -3.02. The van der Waals surface area contributed by atoms with Crippen molar-refractivity contribution in [2.45, 2.75) is 0 Å². The van der Waals surface area contributed by atoms with Gasteiger partial charge in [0.25, 0.3) is 0 Å². The van der Waals surface area contributed by atoms with Gasteiger partial charge in [0.15, 0.2) is 0 Å². The van der Waals surface area contributed by atoms with Crippen LogP contribution in [0.1, 0.15) is 0 Å². The van der Waals surface area contributed by atoms with E-state index in [4.69, 9.17) is 0 Å². The summed E-state index contributed by atoms with van der Waals surface area (Å²) in [4.78, 5) is 0. The smallest absolute Gasteiger partial charge is 0 e. The Bertz CT molecular complexity index is 11.6. The van der Waals surface area contributed by atoms with Crippen LogP contribution in [0.25, 0.3) is 0 Å². The molecule has 5 heavy (non-hydrogen) atoms. The molecule has 0 aromatic carbocycles. The summed E-state index contributed by atoms with van der Waals surface area (Å²) >= 11 is 0. The maximum absolute atomic E-state index is 0. The van der Waals surface area contributed by atoms with Gasteiger partial charge in [0.2, 0.25) is 0 Å². The third kappa shape index (κ3) is 18.9. The van der Waals surface area contributed by atoms with Gasteiger partial charge in [0, 0.05) is 36.5 Å². The Balaban J connectivity index is 0. The van der Waals surface area contributed by atoms with Crippen LogP contribution in [-0.4, -0.2) is 69.2 Å². The van der Waals surface area contributed by atoms with Crippen molar-refractivity contribution in [1.29, 1.82) is 0 Å². The van der Waals surface area contributed by atoms with Gasteiger partial charge in [-0.25, -0.2) is 0 Å². The van der Waals surface area contributed by atoms with Gasteiger partial charge in [-0.3, -0.25) is 0 Å². The van der Waals surface area contributed by atoms with Crippen LogP contribution in [0.4, 0.5) is 0 Å². The minimum absolute atomic E-state index is 0. The zero-order chi connectivity index (χ0) is 0. The van der Waals surface area contributed by atoms with Crippen LogP contribution in [0.2, 0.25) is 0 Å². The number of hydrogen-bond acceptors (Lipinski definition) is 0. The minimum atomic E-state index is 0. The van der Waals surface area contributed by atoms with Gasteiger partial charge in [-0.1, -0.05) is 0 Å². The first-order valence-corrected chi connectivity index (χ1v) is 0. The Labute approximate surface area is 104 Å². The summed E-state index contributed by atoms with van der Waals surface area (Å²) in [6.45, 7) is 0. The van der Waals surface area contributed by atoms with Crippen LogP contribution in [0.3, 0.4) is 0 Å². The molecule has 0 atom stereocenters. The number of hydrogen-bond donors (Lipinski definition) is 0. The molecule has 0 radical (unpaired) electrons. The Morgan fingerprint density at radius 3 is 1.00 bits per heavy atom. The molecule has 0 aliphatic carbocycles. The molecule has 0 aromatic heterocycles. The second-order valence-corrected chi connectivity index (χ2v) is 0. The van der Waals surface area contributed by atoms with E-state index in [1.807, 2.05) is 0 Å². The van der Waals surface area contributed by atoms with Gasteiger partial charge in [-0.2, -0.15) is 0 Å². The molecular formula is H7BCaFeMgZn. The van der Waals surface area contributed by atoms with Crippen molar-refractivity contribution < 1.29 is 36.5 Å². The van der Waals surface area contributed by atoms with Crippen LogP contribution < -0.4 is 0 Å². The molecular weight excluding hydrogens is 196 g/mol. The SMILES string of the molecule is B.[CaH2].[Fe].[MgH2].[Zn]. The van der Waals surface area contributed by atoms with Gasteiger partial charge >= 0.3 is 60.8 Å². The Kier molecular flexibility index (Phi) is 222. The van der Waals surface area contributed by atoms with E-state index in [0.717, 1.165) is 0 Å².